The van der Waals surface area contributed by atoms with Gasteiger partial charge in [-0.25, -0.2) is 0 Å². The Hall–Kier alpha value is -1.84. The molecule has 2 N–H and O–H groups in total. The third-order valence-corrected chi connectivity index (χ3v) is 4.50. The monoisotopic (exact) mass is 305 g/mol. The number of hydrogen-bond donors (Lipinski definition) is 2. The van der Waals surface area contributed by atoms with Gasteiger partial charge in [-0.15, -0.1) is 0 Å². The number of carboxylic acids is 1. The predicted molar refractivity (Wildman–Crippen MR) is 87.8 cm³/mol. The average molecular weight is 305 g/mol. The van der Waals surface area contributed by atoms with E-state index in [0.29, 0.717) is 12.8 Å². The highest BCUT2D eigenvalue weighted by molar-refractivity contribution is 5.84. The van der Waals surface area contributed by atoms with Crippen molar-refractivity contribution in [1.29, 1.82) is 0 Å². The fraction of sp³-hybridized carbons (Fsp3) is 0.556. The normalized spacial score (nSPS) is 12.7. The number of aliphatic carboxylic acids is 1. The largest absolute Gasteiger partial charge is 0.481 e. The van der Waals surface area contributed by atoms with Gasteiger partial charge in [-0.1, -0.05) is 57.5 Å². The molecule has 0 aliphatic carbocycles. The van der Waals surface area contributed by atoms with Crippen molar-refractivity contribution in [2.75, 3.05) is 6.54 Å². The zero-order chi connectivity index (χ0) is 16.6. The summed E-state index contributed by atoms with van der Waals surface area (Å²) in [4.78, 5) is 24.0. The van der Waals surface area contributed by atoms with Gasteiger partial charge in [-0.2, -0.15) is 0 Å². The zero-order valence-electron chi connectivity index (χ0n) is 13.8. The number of benzene rings is 1. The van der Waals surface area contributed by atoms with Crippen LogP contribution in [0.15, 0.2) is 30.3 Å². The van der Waals surface area contributed by atoms with Gasteiger partial charge >= 0.3 is 5.97 Å². The van der Waals surface area contributed by atoms with Crippen LogP contribution in [0.5, 0.6) is 0 Å². The van der Waals surface area contributed by atoms with Crippen molar-refractivity contribution in [3.8, 4) is 0 Å². The Morgan fingerprint density at radius 3 is 2.18 bits per heavy atom. The van der Waals surface area contributed by atoms with E-state index < -0.39 is 11.4 Å². The molecule has 0 saturated carbocycles. The van der Waals surface area contributed by atoms with Gasteiger partial charge in [0.2, 0.25) is 5.91 Å². The molecule has 0 radical (unpaired) electrons. The molecule has 4 heteroatoms. The number of rotatable bonds is 9. The van der Waals surface area contributed by atoms with Gasteiger partial charge in [-0.05, 0) is 24.8 Å². The molecule has 0 aliphatic rings. The molecule has 0 aliphatic heterocycles. The maximum absolute atomic E-state index is 12.5. The van der Waals surface area contributed by atoms with Gasteiger partial charge in [0.05, 0.1) is 11.3 Å². The minimum atomic E-state index is -0.872. The maximum Gasteiger partial charge on any atom is 0.311 e. The van der Waals surface area contributed by atoms with Crippen LogP contribution in [0, 0.1) is 5.41 Å². The number of amides is 1. The Morgan fingerprint density at radius 2 is 1.73 bits per heavy atom. The first kappa shape index (κ1) is 18.2. The van der Waals surface area contributed by atoms with Gasteiger partial charge in [0.1, 0.15) is 0 Å². The second kappa shape index (κ2) is 8.57. The molecule has 1 atom stereocenters. The van der Waals surface area contributed by atoms with Crippen LogP contribution in [-0.4, -0.2) is 23.5 Å². The van der Waals surface area contributed by atoms with Crippen LogP contribution in [-0.2, 0) is 9.59 Å². The molecule has 1 rings (SSSR count). The van der Waals surface area contributed by atoms with Crippen molar-refractivity contribution in [3.05, 3.63) is 35.9 Å². The lowest BCUT2D eigenvalue weighted by molar-refractivity contribution is -0.149. The molecule has 0 fully saturated rings. The Morgan fingerprint density at radius 1 is 1.14 bits per heavy atom. The van der Waals surface area contributed by atoms with E-state index in [2.05, 4.69) is 5.32 Å². The molecule has 0 heterocycles. The fourth-order valence-electron chi connectivity index (χ4n) is 2.68. The number of carbonyl (C=O) groups excluding carboxylic acids is 1. The van der Waals surface area contributed by atoms with Crippen LogP contribution in [0.4, 0.5) is 0 Å². The minimum absolute atomic E-state index is 0.0828. The predicted octanol–water partition coefficient (Wildman–Crippen LogP) is 3.58. The van der Waals surface area contributed by atoms with E-state index in [0.717, 1.165) is 18.4 Å². The Labute approximate surface area is 132 Å². The zero-order valence-corrected chi connectivity index (χ0v) is 13.8. The van der Waals surface area contributed by atoms with Gasteiger partial charge in [0, 0.05) is 6.54 Å². The highest BCUT2D eigenvalue weighted by Gasteiger charge is 2.35. The summed E-state index contributed by atoms with van der Waals surface area (Å²) in [5.41, 5.74) is 0.110. The van der Waals surface area contributed by atoms with Crippen LogP contribution >= 0.6 is 0 Å². The molecule has 0 bridgehead atoms. The van der Waals surface area contributed by atoms with E-state index in [1.54, 1.807) is 0 Å². The lowest BCUT2D eigenvalue weighted by Gasteiger charge is -2.28. The van der Waals surface area contributed by atoms with Crippen LogP contribution in [0.2, 0.25) is 0 Å². The van der Waals surface area contributed by atoms with Crippen molar-refractivity contribution < 1.29 is 14.7 Å². The molecular formula is C18H27NO3. The molecule has 1 amide bonds. The number of hydrogen-bond acceptors (Lipinski definition) is 2. The van der Waals surface area contributed by atoms with Gasteiger partial charge in [0.25, 0.3) is 0 Å². The summed E-state index contributed by atoms with van der Waals surface area (Å²) in [6, 6.07) is 9.66. The maximum atomic E-state index is 12.5. The first-order valence-corrected chi connectivity index (χ1v) is 8.06. The lowest BCUT2D eigenvalue weighted by atomic mass is 9.82. The average Bonchev–Trinajstić information content (AvgIpc) is 2.54. The van der Waals surface area contributed by atoms with Crippen molar-refractivity contribution in [3.63, 3.8) is 0 Å². The molecule has 1 aromatic carbocycles. The first-order valence-electron chi connectivity index (χ1n) is 8.06. The summed E-state index contributed by atoms with van der Waals surface area (Å²) in [5, 5.41) is 12.3. The summed E-state index contributed by atoms with van der Waals surface area (Å²) in [6.45, 7) is 5.93. The molecule has 1 aromatic rings. The number of carboxylic acid groups (broad SMARTS) is 1. The van der Waals surface area contributed by atoms with Crippen molar-refractivity contribution in [2.24, 2.45) is 5.41 Å². The van der Waals surface area contributed by atoms with Crippen LogP contribution in [0.1, 0.15) is 57.9 Å². The number of nitrogens with one attached hydrogen (secondary N) is 1. The summed E-state index contributed by atoms with van der Waals surface area (Å²) < 4.78 is 0. The Bertz CT molecular complexity index is 480. The van der Waals surface area contributed by atoms with Crippen LogP contribution in [0.25, 0.3) is 0 Å². The van der Waals surface area contributed by atoms with Crippen molar-refractivity contribution in [1.82, 2.24) is 5.32 Å². The number of carbonyl (C=O) groups is 2. The van der Waals surface area contributed by atoms with E-state index in [4.69, 9.17) is 0 Å². The molecule has 4 nitrogen and oxygen atoms in total. The van der Waals surface area contributed by atoms with Gasteiger partial charge in [0.15, 0.2) is 0 Å². The topological polar surface area (TPSA) is 66.4 Å². The smallest absolute Gasteiger partial charge is 0.311 e. The second-order valence-electron chi connectivity index (χ2n) is 5.76. The van der Waals surface area contributed by atoms with E-state index >= 15 is 0 Å². The Balaban J connectivity index is 2.82. The molecule has 0 saturated heterocycles. The van der Waals surface area contributed by atoms with E-state index in [1.165, 1.54) is 0 Å². The Kier molecular flexibility index (Phi) is 7.09. The van der Waals surface area contributed by atoms with Crippen LogP contribution in [0.3, 0.4) is 0 Å². The molecule has 22 heavy (non-hydrogen) atoms. The van der Waals surface area contributed by atoms with Crippen molar-refractivity contribution >= 4 is 11.9 Å². The third-order valence-electron chi connectivity index (χ3n) is 4.50. The first-order chi connectivity index (χ1) is 10.5. The summed E-state index contributed by atoms with van der Waals surface area (Å²) >= 11 is 0. The quantitative estimate of drug-likeness (QED) is 0.733. The molecule has 0 spiro atoms. The molecule has 122 valence electrons. The highest BCUT2D eigenvalue weighted by atomic mass is 16.4. The summed E-state index contributed by atoms with van der Waals surface area (Å²) in [7, 11) is 0. The van der Waals surface area contributed by atoms with E-state index in [9.17, 15) is 14.7 Å². The van der Waals surface area contributed by atoms with Gasteiger partial charge in [-0.3, -0.25) is 9.59 Å². The second-order valence-corrected chi connectivity index (χ2v) is 5.76. The molecule has 0 aromatic heterocycles. The minimum Gasteiger partial charge on any atom is -0.481 e. The SMILES string of the molecule is CCCC(C(=O)NCC(CC)(CC)C(=O)O)c1ccccc1. The lowest BCUT2D eigenvalue weighted by Crippen LogP contribution is -2.43. The highest BCUT2D eigenvalue weighted by Crippen LogP contribution is 2.27. The van der Waals surface area contributed by atoms with E-state index in [-0.39, 0.29) is 18.4 Å². The fourth-order valence-corrected chi connectivity index (χ4v) is 2.68. The third kappa shape index (κ3) is 4.33. The van der Waals surface area contributed by atoms with Crippen LogP contribution < -0.4 is 5.32 Å². The van der Waals surface area contributed by atoms with Crippen molar-refractivity contribution in [2.45, 2.75) is 52.4 Å². The molecule has 1 unspecified atom stereocenters. The summed E-state index contributed by atoms with van der Waals surface area (Å²) in [6.07, 6.45) is 2.67. The summed E-state index contributed by atoms with van der Waals surface area (Å²) in [5.74, 6) is -1.14. The van der Waals surface area contributed by atoms with E-state index in [1.807, 2.05) is 51.1 Å². The van der Waals surface area contributed by atoms with Gasteiger partial charge < -0.3 is 10.4 Å². The standard InChI is InChI=1S/C18H27NO3/c1-4-10-15(14-11-8-7-9-12-14)16(20)19-13-18(5-2,6-3)17(21)22/h7-9,11-12,15H,4-6,10,13H2,1-3H3,(H,19,20)(H,21,22). The molecular weight excluding hydrogens is 278 g/mol.